The van der Waals surface area contributed by atoms with Crippen molar-refractivity contribution in [2.24, 2.45) is 5.73 Å². The molecule has 0 aliphatic heterocycles. The van der Waals surface area contributed by atoms with Crippen LogP contribution in [0.3, 0.4) is 0 Å². The number of halogens is 5. The molecule has 0 aliphatic rings. The van der Waals surface area contributed by atoms with Gasteiger partial charge in [0.2, 0.25) is 0 Å². The second-order valence-electron chi connectivity index (χ2n) is 3.31. The van der Waals surface area contributed by atoms with Crippen LogP contribution in [0.15, 0.2) is 22.7 Å². The predicted molar refractivity (Wildman–Crippen MR) is 65.5 cm³/mol. The van der Waals surface area contributed by atoms with E-state index >= 15 is 0 Å². The second-order valence-corrected chi connectivity index (χ2v) is 4.23. The summed E-state index contributed by atoms with van der Waals surface area (Å²) in [7, 11) is 1.40. The Morgan fingerprint density at radius 1 is 1.41 bits per heavy atom. The first-order valence-electron chi connectivity index (χ1n) is 4.49. The number of nitrogens with two attached hydrogens (primary N) is 1. The first-order valence-corrected chi connectivity index (χ1v) is 5.28. The van der Waals surface area contributed by atoms with E-state index in [1.54, 1.807) is 12.1 Å². The van der Waals surface area contributed by atoms with Gasteiger partial charge in [0.1, 0.15) is 5.75 Å². The summed E-state index contributed by atoms with van der Waals surface area (Å²) in [5.74, 6) is 0.361. The molecule has 0 unspecified atom stereocenters. The van der Waals surface area contributed by atoms with Crippen molar-refractivity contribution < 1.29 is 17.9 Å². The summed E-state index contributed by atoms with van der Waals surface area (Å²) < 4.78 is 42.2. The molecule has 0 aliphatic carbocycles. The zero-order chi connectivity index (χ0) is 12.3. The highest BCUT2D eigenvalue weighted by molar-refractivity contribution is 9.10. The average molecular weight is 335 g/mol. The Balaban J connectivity index is 0.00000256. The summed E-state index contributed by atoms with van der Waals surface area (Å²) in [5, 5.41) is 0. The minimum Gasteiger partial charge on any atom is -0.496 e. The van der Waals surface area contributed by atoms with E-state index in [9.17, 15) is 13.2 Å². The standard InChI is InChI=1S/C10H11BrF3NO.ClH/c1-16-9-3-2-6(11)4-7(9)8(15)5-10(12,13)14;/h2-4,8H,5,15H2,1H3;1H/t8-;/m0./s1. The lowest BCUT2D eigenvalue weighted by atomic mass is 10.0. The highest BCUT2D eigenvalue weighted by Gasteiger charge is 2.32. The quantitative estimate of drug-likeness (QED) is 0.912. The molecule has 0 saturated carbocycles. The summed E-state index contributed by atoms with van der Waals surface area (Å²) in [6, 6.07) is 3.68. The van der Waals surface area contributed by atoms with Crippen LogP contribution < -0.4 is 10.5 Å². The van der Waals surface area contributed by atoms with Gasteiger partial charge in [-0.3, -0.25) is 0 Å². The van der Waals surface area contributed by atoms with Crippen molar-refractivity contribution in [3.8, 4) is 5.75 Å². The Labute approximate surface area is 112 Å². The zero-order valence-corrected chi connectivity index (χ0v) is 11.3. The van der Waals surface area contributed by atoms with E-state index in [1.165, 1.54) is 13.2 Å². The molecule has 0 amide bonds. The molecule has 0 saturated heterocycles. The van der Waals surface area contributed by atoms with Crippen LogP contribution in [-0.4, -0.2) is 13.3 Å². The third kappa shape index (κ3) is 5.14. The molecule has 0 heterocycles. The summed E-state index contributed by atoms with van der Waals surface area (Å²) in [4.78, 5) is 0. The zero-order valence-electron chi connectivity index (χ0n) is 8.92. The largest absolute Gasteiger partial charge is 0.496 e. The van der Waals surface area contributed by atoms with E-state index in [2.05, 4.69) is 15.9 Å². The highest BCUT2D eigenvalue weighted by Crippen LogP contribution is 2.33. The van der Waals surface area contributed by atoms with E-state index in [1.807, 2.05) is 0 Å². The van der Waals surface area contributed by atoms with Gasteiger partial charge in [0.15, 0.2) is 0 Å². The molecule has 2 N–H and O–H groups in total. The normalized spacial score (nSPS) is 12.8. The van der Waals surface area contributed by atoms with Gasteiger partial charge in [0.25, 0.3) is 0 Å². The van der Waals surface area contributed by atoms with Crippen LogP contribution in [0, 0.1) is 0 Å². The van der Waals surface area contributed by atoms with Crippen LogP contribution in [0.25, 0.3) is 0 Å². The van der Waals surface area contributed by atoms with E-state index in [4.69, 9.17) is 10.5 Å². The summed E-state index contributed by atoms with van der Waals surface area (Å²) >= 11 is 3.18. The number of hydrogen-bond acceptors (Lipinski definition) is 2. The fourth-order valence-corrected chi connectivity index (χ4v) is 1.73. The van der Waals surface area contributed by atoms with E-state index in [0.717, 1.165) is 0 Å². The van der Waals surface area contributed by atoms with Gasteiger partial charge in [-0.2, -0.15) is 13.2 Å². The molecule has 1 rings (SSSR count). The minimum absolute atomic E-state index is 0. The summed E-state index contributed by atoms with van der Waals surface area (Å²) in [6.45, 7) is 0. The number of rotatable bonds is 3. The van der Waals surface area contributed by atoms with Crippen molar-refractivity contribution in [3.05, 3.63) is 28.2 Å². The van der Waals surface area contributed by atoms with Crippen molar-refractivity contribution in [2.45, 2.75) is 18.6 Å². The van der Waals surface area contributed by atoms with Crippen molar-refractivity contribution >= 4 is 28.3 Å². The maximum atomic E-state index is 12.2. The lowest BCUT2D eigenvalue weighted by molar-refractivity contribution is -0.138. The first kappa shape index (κ1) is 16.5. The molecule has 0 aromatic heterocycles. The highest BCUT2D eigenvalue weighted by atomic mass is 79.9. The SMILES string of the molecule is COc1ccc(Br)cc1[C@@H](N)CC(F)(F)F.Cl. The Morgan fingerprint density at radius 3 is 2.47 bits per heavy atom. The molecular weight excluding hydrogens is 322 g/mol. The Kier molecular flexibility index (Phi) is 6.29. The fourth-order valence-electron chi connectivity index (χ4n) is 1.35. The molecule has 98 valence electrons. The van der Waals surface area contributed by atoms with Crippen molar-refractivity contribution in [2.75, 3.05) is 7.11 Å². The maximum absolute atomic E-state index is 12.2. The van der Waals surface area contributed by atoms with Gasteiger partial charge in [-0.15, -0.1) is 12.4 Å². The molecule has 0 bridgehead atoms. The predicted octanol–water partition coefficient (Wildman–Crippen LogP) is 3.83. The summed E-state index contributed by atoms with van der Waals surface area (Å²) in [6.07, 6.45) is -5.35. The molecule has 1 aromatic rings. The summed E-state index contributed by atoms with van der Waals surface area (Å²) in [5.41, 5.74) is 5.85. The van der Waals surface area contributed by atoms with Crippen LogP contribution in [0.5, 0.6) is 5.75 Å². The third-order valence-electron chi connectivity index (χ3n) is 2.04. The lowest BCUT2D eigenvalue weighted by Crippen LogP contribution is -2.20. The van der Waals surface area contributed by atoms with Crippen LogP contribution in [0.1, 0.15) is 18.0 Å². The van der Waals surface area contributed by atoms with Crippen LogP contribution in [-0.2, 0) is 0 Å². The monoisotopic (exact) mass is 333 g/mol. The number of methoxy groups -OCH3 is 1. The van der Waals surface area contributed by atoms with Crippen molar-refractivity contribution in [1.29, 1.82) is 0 Å². The number of alkyl halides is 3. The topological polar surface area (TPSA) is 35.2 Å². The smallest absolute Gasteiger partial charge is 0.390 e. The van der Waals surface area contributed by atoms with E-state index in [-0.39, 0.29) is 12.4 Å². The number of ether oxygens (including phenoxy) is 1. The van der Waals surface area contributed by atoms with Gasteiger partial charge in [-0.1, -0.05) is 15.9 Å². The molecule has 7 heteroatoms. The van der Waals surface area contributed by atoms with Gasteiger partial charge in [-0.05, 0) is 18.2 Å². The molecule has 17 heavy (non-hydrogen) atoms. The Morgan fingerprint density at radius 2 is 2.00 bits per heavy atom. The molecule has 2 nitrogen and oxygen atoms in total. The molecular formula is C10H12BrClF3NO. The van der Waals surface area contributed by atoms with E-state index in [0.29, 0.717) is 15.8 Å². The third-order valence-corrected chi connectivity index (χ3v) is 2.54. The molecule has 0 spiro atoms. The van der Waals surface area contributed by atoms with Crippen LogP contribution in [0.2, 0.25) is 0 Å². The van der Waals surface area contributed by atoms with Crippen molar-refractivity contribution in [1.82, 2.24) is 0 Å². The Bertz CT molecular complexity index is 373. The lowest BCUT2D eigenvalue weighted by Gasteiger charge is -2.17. The van der Waals surface area contributed by atoms with Gasteiger partial charge < -0.3 is 10.5 Å². The average Bonchev–Trinajstić information content (AvgIpc) is 2.15. The molecule has 0 radical (unpaired) electrons. The molecule has 1 atom stereocenters. The van der Waals surface area contributed by atoms with Crippen LogP contribution >= 0.6 is 28.3 Å². The number of hydrogen-bond donors (Lipinski definition) is 1. The minimum atomic E-state index is -4.28. The van der Waals surface area contributed by atoms with E-state index < -0.39 is 18.6 Å². The fraction of sp³-hybridized carbons (Fsp3) is 0.400. The second kappa shape index (κ2) is 6.47. The van der Waals surface area contributed by atoms with Gasteiger partial charge in [0, 0.05) is 16.1 Å². The molecule has 1 aromatic carbocycles. The number of benzene rings is 1. The van der Waals surface area contributed by atoms with Gasteiger partial charge in [-0.25, -0.2) is 0 Å². The van der Waals surface area contributed by atoms with Gasteiger partial charge >= 0.3 is 6.18 Å². The molecule has 0 fully saturated rings. The Hall–Kier alpha value is -0.460. The maximum Gasteiger partial charge on any atom is 0.390 e. The van der Waals surface area contributed by atoms with Crippen LogP contribution in [0.4, 0.5) is 13.2 Å². The first-order chi connectivity index (χ1) is 7.33. The van der Waals surface area contributed by atoms with Gasteiger partial charge in [0.05, 0.1) is 13.5 Å². The van der Waals surface area contributed by atoms with Crippen molar-refractivity contribution in [3.63, 3.8) is 0 Å².